The van der Waals surface area contributed by atoms with Gasteiger partial charge in [0, 0.05) is 44.3 Å². The van der Waals surface area contributed by atoms with Crippen LogP contribution in [0.3, 0.4) is 0 Å². The van der Waals surface area contributed by atoms with E-state index in [9.17, 15) is 13.2 Å². The largest absolute Gasteiger partial charge is 0.345 e. The van der Waals surface area contributed by atoms with Crippen molar-refractivity contribution in [2.24, 2.45) is 0 Å². The number of thiazole rings is 1. The maximum atomic E-state index is 13.1. The zero-order valence-corrected chi connectivity index (χ0v) is 21.9. The highest BCUT2D eigenvalue weighted by Gasteiger charge is 2.31. The van der Waals surface area contributed by atoms with Crippen molar-refractivity contribution in [1.82, 2.24) is 14.2 Å². The van der Waals surface area contributed by atoms with Crippen LogP contribution < -0.4 is 4.90 Å². The number of para-hydroxylation sites is 1. The van der Waals surface area contributed by atoms with Gasteiger partial charge in [0.25, 0.3) is 5.91 Å². The van der Waals surface area contributed by atoms with Crippen LogP contribution in [-0.2, 0) is 16.4 Å². The standard InChI is InChI=1S/C26H32N4O3S2/c1-3-20-8-6-9-23-24(20)27-26(34-23)29-17-15-28(16-18-29)25(31)21-10-12-22(13-11-21)35(32,33)30-14-5-4-7-19(30)2/h6,8-13,19H,3-5,7,14-18H2,1-2H3. The molecule has 7 nitrogen and oxygen atoms in total. The number of hydrogen-bond donors (Lipinski definition) is 0. The van der Waals surface area contributed by atoms with Crippen LogP contribution in [0.4, 0.5) is 5.13 Å². The average Bonchev–Trinajstić information content (AvgIpc) is 3.33. The SMILES string of the molecule is CCc1cccc2sc(N3CCN(C(=O)c4ccc(S(=O)(=O)N5CCCCC5C)cc4)CC3)nc12. The van der Waals surface area contributed by atoms with E-state index in [1.165, 1.54) is 10.3 Å². The summed E-state index contributed by atoms with van der Waals surface area (Å²) in [6, 6.07) is 12.8. The molecule has 3 heterocycles. The second-order valence-corrected chi connectivity index (χ2v) is 12.3. The van der Waals surface area contributed by atoms with Crippen LogP contribution in [0.2, 0.25) is 0 Å². The minimum Gasteiger partial charge on any atom is -0.345 e. The van der Waals surface area contributed by atoms with Crippen LogP contribution in [-0.4, -0.2) is 67.3 Å². The highest BCUT2D eigenvalue weighted by Crippen LogP contribution is 2.32. The number of piperidine rings is 1. The minimum atomic E-state index is -3.54. The number of aromatic nitrogens is 1. The number of benzene rings is 2. The number of nitrogens with zero attached hydrogens (tertiary/aromatic N) is 4. The smallest absolute Gasteiger partial charge is 0.253 e. The summed E-state index contributed by atoms with van der Waals surface area (Å²) in [7, 11) is -3.54. The molecule has 3 aromatic rings. The molecule has 1 atom stereocenters. The van der Waals surface area contributed by atoms with Crippen molar-refractivity contribution in [3.8, 4) is 0 Å². The topological polar surface area (TPSA) is 73.8 Å². The van der Waals surface area contributed by atoms with Crippen LogP contribution in [0, 0.1) is 0 Å². The summed E-state index contributed by atoms with van der Waals surface area (Å²) < 4.78 is 28.9. The molecule has 0 saturated carbocycles. The van der Waals surface area contributed by atoms with Crippen molar-refractivity contribution in [2.45, 2.75) is 50.5 Å². The molecule has 5 rings (SSSR count). The van der Waals surface area contributed by atoms with Gasteiger partial charge in [0.1, 0.15) is 0 Å². The third-order valence-corrected chi connectivity index (χ3v) is 10.3. The van der Waals surface area contributed by atoms with Gasteiger partial charge in [-0.05, 0) is 62.1 Å². The van der Waals surface area contributed by atoms with Crippen LogP contribution in [0.1, 0.15) is 49.0 Å². The Bertz CT molecular complexity index is 1310. The van der Waals surface area contributed by atoms with E-state index in [1.807, 2.05) is 11.8 Å². The summed E-state index contributed by atoms with van der Waals surface area (Å²) in [5.74, 6) is -0.0579. The van der Waals surface area contributed by atoms with E-state index in [0.717, 1.165) is 49.4 Å². The maximum Gasteiger partial charge on any atom is 0.253 e. The number of carbonyl (C=O) groups is 1. The van der Waals surface area contributed by atoms with Crippen LogP contribution in [0.15, 0.2) is 47.4 Å². The molecule has 1 amide bonds. The zero-order chi connectivity index (χ0) is 24.6. The minimum absolute atomic E-state index is 0.00958. The van der Waals surface area contributed by atoms with Crippen LogP contribution in [0.5, 0.6) is 0 Å². The van der Waals surface area contributed by atoms with E-state index in [1.54, 1.807) is 39.9 Å². The summed E-state index contributed by atoms with van der Waals surface area (Å²) in [5.41, 5.74) is 2.87. The highest BCUT2D eigenvalue weighted by molar-refractivity contribution is 7.89. The molecule has 0 spiro atoms. The molecule has 0 N–H and O–H groups in total. The second kappa shape index (κ2) is 9.87. The molecule has 0 aliphatic carbocycles. The fourth-order valence-corrected chi connectivity index (χ4v) is 7.80. The molecule has 0 radical (unpaired) electrons. The predicted molar refractivity (Wildman–Crippen MR) is 141 cm³/mol. The fraction of sp³-hybridized carbons (Fsp3) is 0.462. The molecule has 186 valence electrons. The summed E-state index contributed by atoms with van der Waals surface area (Å²) >= 11 is 1.71. The van der Waals surface area contributed by atoms with Crippen molar-refractivity contribution < 1.29 is 13.2 Å². The lowest BCUT2D eigenvalue weighted by molar-refractivity contribution is 0.0746. The van der Waals surface area contributed by atoms with Gasteiger partial charge in [-0.25, -0.2) is 13.4 Å². The molecule has 2 aliphatic rings. The quantitative estimate of drug-likeness (QED) is 0.507. The van der Waals surface area contributed by atoms with Gasteiger partial charge in [0.2, 0.25) is 10.0 Å². The summed E-state index contributed by atoms with van der Waals surface area (Å²) in [6.45, 7) is 7.35. The Morgan fingerprint density at radius 1 is 1.03 bits per heavy atom. The molecule has 0 bridgehead atoms. The van der Waals surface area contributed by atoms with E-state index >= 15 is 0 Å². The number of amides is 1. The first kappa shape index (κ1) is 24.2. The van der Waals surface area contributed by atoms with Gasteiger partial charge in [0.05, 0.1) is 15.1 Å². The Hall–Kier alpha value is -2.49. The molecule has 2 aliphatic heterocycles. The van der Waals surface area contributed by atoms with E-state index in [0.29, 0.717) is 25.2 Å². The molecule has 1 unspecified atom stereocenters. The number of piperazine rings is 1. The molecule has 2 aromatic carbocycles. The van der Waals surface area contributed by atoms with Gasteiger partial charge in [-0.15, -0.1) is 0 Å². The van der Waals surface area contributed by atoms with Gasteiger partial charge in [-0.3, -0.25) is 4.79 Å². The van der Waals surface area contributed by atoms with Gasteiger partial charge >= 0.3 is 0 Å². The molecule has 35 heavy (non-hydrogen) atoms. The van der Waals surface area contributed by atoms with Crippen LogP contribution >= 0.6 is 11.3 Å². The molecule has 1 aromatic heterocycles. The highest BCUT2D eigenvalue weighted by atomic mass is 32.2. The monoisotopic (exact) mass is 512 g/mol. The van der Waals surface area contributed by atoms with Crippen molar-refractivity contribution in [2.75, 3.05) is 37.6 Å². The van der Waals surface area contributed by atoms with E-state index < -0.39 is 10.0 Å². The van der Waals surface area contributed by atoms with E-state index in [-0.39, 0.29) is 16.8 Å². The van der Waals surface area contributed by atoms with E-state index in [2.05, 4.69) is 30.0 Å². The lowest BCUT2D eigenvalue weighted by atomic mass is 10.1. The number of rotatable bonds is 5. The summed E-state index contributed by atoms with van der Waals surface area (Å²) in [5, 5.41) is 1.01. The molecule has 9 heteroatoms. The Labute approximate surface area is 211 Å². The first-order valence-electron chi connectivity index (χ1n) is 12.4. The normalized spacial score (nSPS) is 19.9. The Kier molecular flexibility index (Phi) is 6.83. The summed E-state index contributed by atoms with van der Waals surface area (Å²) in [6.07, 6.45) is 3.80. The number of hydrogen-bond acceptors (Lipinski definition) is 6. The lowest BCUT2D eigenvalue weighted by Crippen LogP contribution is -2.48. The third-order valence-electron chi connectivity index (χ3n) is 7.16. The first-order chi connectivity index (χ1) is 16.9. The predicted octanol–water partition coefficient (Wildman–Crippen LogP) is 4.38. The maximum absolute atomic E-state index is 13.1. The van der Waals surface area contributed by atoms with Crippen molar-refractivity contribution in [3.63, 3.8) is 0 Å². The van der Waals surface area contributed by atoms with Crippen LogP contribution in [0.25, 0.3) is 10.2 Å². The van der Waals surface area contributed by atoms with E-state index in [4.69, 9.17) is 4.98 Å². The number of sulfonamides is 1. The first-order valence-corrected chi connectivity index (χ1v) is 14.7. The molecular formula is C26H32N4O3S2. The summed E-state index contributed by atoms with van der Waals surface area (Å²) in [4.78, 5) is 22.4. The van der Waals surface area contributed by atoms with Gasteiger partial charge in [-0.1, -0.05) is 36.8 Å². The molecule has 2 saturated heterocycles. The molecule has 2 fully saturated rings. The second-order valence-electron chi connectivity index (χ2n) is 9.38. The number of aryl methyl sites for hydroxylation is 1. The Morgan fingerprint density at radius 3 is 2.46 bits per heavy atom. The Balaban J connectivity index is 1.24. The van der Waals surface area contributed by atoms with Gasteiger partial charge in [-0.2, -0.15) is 4.31 Å². The van der Waals surface area contributed by atoms with Crippen molar-refractivity contribution in [1.29, 1.82) is 0 Å². The zero-order valence-electron chi connectivity index (χ0n) is 20.3. The number of fused-ring (bicyclic) bond motifs is 1. The third kappa shape index (κ3) is 4.69. The van der Waals surface area contributed by atoms with Crippen molar-refractivity contribution in [3.05, 3.63) is 53.6 Å². The fourth-order valence-electron chi connectivity index (χ4n) is 5.03. The van der Waals surface area contributed by atoms with Crippen molar-refractivity contribution >= 4 is 42.6 Å². The molecular weight excluding hydrogens is 480 g/mol. The number of carbonyl (C=O) groups excluding carboxylic acids is 1. The average molecular weight is 513 g/mol. The lowest BCUT2D eigenvalue weighted by Gasteiger charge is -2.34. The number of anilines is 1. The van der Waals surface area contributed by atoms with Gasteiger partial charge < -0.3 is 9.80 Å². The Morgan fingerprint density at radius 2 is 1.77 bits per heavy atom. The van der Waals surface area contributed by atoms with Gasteiger partial charge in [0.15, 0.2) is 5.13 Å².